The minimum absolute atomic E-state index is 0.138. The van der Waals surface area contributed by atoms with Crippen molar-refractivity contribution in [2.45, 2.75) is 49.9 Å². The molecule has 1 nitrogen and oxygen atoms in total. The summed E-state index contributed by atoms with van der Waals surface area (Å²) in [4.78, 5) is 1.09. The van der Waals surface area contributed by atoms with E-state index in [1.807, 2.05) is 6.07 Å². The maximum atomic E-state index is 13.3. The molecule has 0 amide bonds. The largest absolute Gasteiger partial charge is 0.307 e. The van der Waals surface area contributed by atoms with E-state index in [0.29, 0.717) is 23.3 Å². The fourth-order valence-corrected chi connectivity index (χ4v) is 3.61. The predicted molar refractivity (Wildman–Crippen MR) is 71.9 cm³/mol. The second-order valence-corrected chi connectivity index (χ2v) is 6.58. The zero-order valence-corrected chi connectivity index (χ0v) is 11.6. The zero-order valence-electron chi connectivity index (χ0n) is 10.8. The predicted octanol–water partition coefficient (Wildman–Crippen LogP) is 4.00. The van der Waals surface area contributed by atoms with Crippen LogP contribution in [0, 0.1) is 11.7 Å². The van der Waals surface area contributed by atoms with Gasteiger partial charge < -0.3 is 5.32 Å². The summed E-state index contributed by atoms with van der Waals surface area (Å²) in [6.45, 7) is 8.80. The van der Waals surface area contributed by atoms with E-state index in [2.05, 4.69) is 33.0 Å². The molecule has 1 aromatic carbocycles. The van der Waals surface area contributed by atoms with E-state index in [1.165, 1.54) is 5.56 Å². The highest BCUT2D eigenvalue weighted by atomic mass is 32.2. The normalized spacial score (nSPS) is 28.2. The number of hydrogen-bond acceptors (Lipinski definition) is 2. The second-order valence-electron chi connectivity index (χ2n) is 5.16. The Labute approximate surface area is 107 Å². The van der Waals surface area contributed by atoms with Crippen LogP contribution in [0.5, 0.6) is 0 Å². The Hall–Kier alpha value is -0.540. The monoisotopic (exact) mass is 253 g/mol. The van der Waals surface area contributed by atoms with Crippen molar-refractivity contribution in [2.75, 3.05) is 0 Å². The number of benzene rings is 1. The third kappa shape index (κ3) is 2.66. The fourth-order valence-electron chi connectivity index (χ4n) is 2.33. The first kappa shape index (κ1) is 12.9. The lowest BCUT2D eigenvalue weighted by molar-refractivity contribution is 0.347. The molecule has 1 N–H and O–H groups in total. The lowest BCUT2D eigenvalue weighted by atomic mass is 9.90. The number of thioether (sulfide) groups is 1. The maximum Gasteiger partial charge on any atom is 0.124 e. The molecule has 1 aromatic rings. The highest BCUT2D eigenvalue weighted by molar-refractivity contribution is 8.00. The zero-order chi connectivity index (χ0) is 12.6. The summed E-state index contributed by atoms with van der Waals surface area (Å²) in [5.41, 5.74) is 1.25. The van der Waals surface area contributed by atoms with E-state index in [-0.39, 0.29) is 5.82 Å². The smallest absolute Gasteiger partial charge is 0.124 e. The summed E-state index contributed by atoms with van der Waals surface area (Å²) in [6, 6.07) is 5.94. The number of rotatable bonds is 2. The second kappa shape index (κ2) is 4.99. The SMILES string of the molecule is CC(C)NC1c2ccc(F)cc2SC(C)C1C. The standard InChI is InChI=1S/C14H20FNS/c1-8(2)16-14-9(3)10(4)17-13-7-11(15)5-6-12(13)14/h5-10,14,16H,1-4H3. The molecule has 0 saturated carbocycles. The Morgan fingerprint density at radius 1 is 1.29 bits per heavy atom. The fraction of sp³-hybridized carbons (Fsp3) is 0.571. The van der Waals surface area contributed by atoms with E-state index in [9.17, 15) is 4.39 Å². The molecular weight excluding hydrogens is 233 g/mol. The van der Waals surface area contributed by atoms with Crippen LogP contribution in [0.3, 0.4) is 0 Å². The highest BCUT2D eigenvalue weighted by Gasteiger charge is 2.32. The Morgan fingerprint density at radius 3 is 2.65 bits per heavy atom. The van der Waals surface area contributed by atoms with Crippen molar-refractivity contribution in [1.82, 2.24) is 5.32 Å². The van der Waals surface area contributed by atoms with Gasteiger partial charge in [0.15, 0.2) is 0 Å². The maximum absolute atomic E-state index is 13.3. The first-order valence-electron chi connectivity index (χ1n) is 6.21. The van der Waals surface area contributed by atoms with Gasteiger partial charge in [0.1, 0.15) is 5.82 Å². The number of nitrogens with one attached hydrogen (secondary N) is 1. The minimum atomic E-state index is -0.138. The van der Waals surface area contributed by atoms with Gasteiger partial charge >= 0.3 is 0 Å². The number of hydrogen-bond donors (Lipinski definition) is 1. The molecule has 94 valence electrons. The minimum Gasteiger partial charge on any atom is -0.307 e. The van der Waals surface area contributed by atoms with Gasteiger partial charge in [-0.05, 0) is 23.6 Å². The van der Waals surface area contributed by atoms with Crippen molar-refractivity contribution >= 4 is 11.8 Å². The number of fused-ring (bicyclic) bond motifs is 1. The van der Waals surface area contributed by atoms with Gasteiger partial charge in [0.05, 0.1) is 0 Å². The molecule has 3 unspecified atom stereocenters. The highest BCUT2D eigenvalue weighted by Crippen LogP contribution is 2.44. The van der Waals surface area contributed by atoms with Crippen LogP contribution in [0.25, 0.3) is 0 Å². The van der Waals surface area contributed by atoms with Crippen molar-refractivity contribution < 1.29 is 4.39 Å². The average Bonchev–Trinajstić information content (AvgIpc) is 2.24. The summed E-state index contributed by atoms with van der Waals surface area (Å²) < 4.78 is 13.3. The first-order valence-corrected chi connectivity index (χ1v) is 7.09. The van der Waals surface area contributed by atoms with E-state index in [1.54, 1.807) is 23.9 Å². The van der Waals surface area contributed by atoms with Crippen molar-refractivity contribution in [3.8, 4) is 0 Å². The van der Waals surface area contributed by atoms with Crippen LogP contribution in [0.4, 0.5) is 4.39 Å². The van der Waals surface area contributed by atoms with Gasteiger partial charge in [0.25, 0.3) is 0 Å². The Kier molecular flexibility index (Phi) is 3.79. The van der Waals surface area contributed by atoms with Gasteiger partial charge in [-0.3, -0.25) is 0 Å². The summed E-state index contributed by atoms with van der Waals surface area (Å²) in [7, 11) is 0. The van der Waals surface area contributed by atoms with Crippen LogP contribution < -0.4 is 5.32 Å². The molecule has 0 fully saturated rings. The van der Waals surface area contributed by atoms with Crippen molar-refractivity contribution in [1.29, 1.82) is 0 Å². The van der Waals surface area contributed by atoms with Crippen LogP contribution in [0.2, 0.25) is 0 Å². The molecule has 0 spiro atoms. The average molecular weight is 253 g/mol. The van der Waals surface area contributed by atoms with Crippen molar-refractivity contribution in [3.63, 3.8) is 0 Å². The first-order chi connectivity index (χ1) is 7.99. The lowest BCUT2D eigenvalue weighted by Crippen LogP contribution is -2.38. The van der Waals surface area contributed by atoms with Crippen molar-refractivity contribution in [2.24, 2.45) is 5.92 Å². The van der Waals surface area contributed by atoms with Crippen molar-refractivity contribution in [3.05, 3.63) is 29.6 Å². The quantitative estimate of drug-likeness (QED) is 0.855. The molecule has 0 saturated heterocycles. The summed E-state index contributed by atoms with van der Waals surface area (Å²) in [5, 5.41) is 4.12. The van der Waals surface area contributed by atoms with Gasteiger partial charge in [-0.15, -0.1) is 11.8 Å². The summed E-state index contributed by atoms with van der Waals surface area (Å²) >= 11 is 1.78. The number of halogens is 1. The topological polar surface area (TPSA) is 12.0 Å². The molecule has 0 aromatic heterocycles. The lowest BCUT2D eigenvalue weighted by Gasteiger charge is -2.37. The Bertz CT molecular complexity index is 405. The van der Waals surface area contributed by atoms with E-state index in [0.717, 1.165) is 4.90 Å². The van der Waals surface area contributed by atoms with Crippen LogP contribution in [-0.2, 0) is 0 Å². The molecule has 1 aliphatic heterocycles. The molecule has 1 aliphatic rings. The van der Waals surface area contributed by atoms with Gasteiger partial charge in [-0.2, -0.15) is 0 Å². The molecule has 0 bridgehead atoms. The van der Waals surface area contributed by atoms with Gasteiger partial charge in [-0.25, -0.2) is 4.39 Å². The molecule has 3 atom stereocenters. The van der Waals surface area contributed by atoms with E-state index >= 15 is 0 Å². The summed E-state index contributed by atoms with van der Waals surface area (Å²) in [5.74, 6) is 0.418. The van der Waals surface area contributed by atoms with Crippen LogP contribution >= 0.6 is 11.8 Å². The van der Waals surface area contributed by atoms with Gasteiger partial charge in [0.2, 0.25) is 0 Å². The Balaban J connectivity index is 2.38. The molecule has 17 heavy (non-hydrogen) atoms. The molecule has 0 aliphatic carbocycles. The molecule has 0 radical (unpaired) electrons. The third-order valence-corrected chi connectivity index (χ3v) is 4.81. The van der Waals surface area contributed by atoms with Gasteiger partial charge in [-0.1, -0.05) is 33.8 Å². The third-order valence-electron chi connectivity index (χ3n) is 3.40. The van der Waals surface area contributed by atoms with Crippen LogP contribution in [-0.4, -0.2) is 11.3 Å². The molecule has 1 heterocycles. The molecule has 3 heteroatoms. The van der Waals surface area contributed by atoms with Crippen LogP contribution in [0.15, 0.2) is 23.1 Å². The molecule has 2 rings (SSSR count). The van der Waals surface area contributed by atoms with E-state index in [4.69, 9.17) is 0 Å². The summed E-state index contributed by atoms with van der Waals surface area (Å²) in [6.07, 6.45) is 0. The Morgan fingerprint density at radius 2 is 2.00 bits per heavy atom. The van der Waals surface area contributed by atoms with E-state index < -0.39 is 0 Å². The molecular formula is C14H20FNS. The van der Waals surface area contributed by atoms with Crippen LogP contribution in [0.1, 0.15) is 39.3 Å². The van der Waals surface area contributed by atoms with Gasteiger partial charge in [0, 0.05) is 22.2 Å².